The van der Waals surface area contributed by atoms with Gasteiger partial charge in [0.2, 0.25) is 0 Å². The first-order valence-corrected chi connectivity index (χ1v) is 9.60. The average Bonchev–Trinajstić information content (AvgIpc) is 2.68. The van der Waals surface area contributed by atoms with Gasteiger partial charge in [-0.25, -0.2) is 0 Å². The van der Waals surface area contributed by atoms with Crippen LogP contribution in [0.1, 0.15) is 19.4 Å². The third kappa shape index (κ3) is 10.2. The van der Waals surface area contributed by atoms with Gasteiger partial charge in [0.25, 0.3) is 0 Å². The van der Waals surface area contributed by atoms with Gasteiger partial charge in [-0.3, -0.25) is 9.80 Å². The molecular weight excluding hydrogens is 402 g/mol. The summed E-state index contributed by atoms with van der Waals surface area (Å²) < 4.78 is 5.23. The fraction of sp³-hybridized carbons (Fsp3) is 0.700. The van der Waals surface area contributed by atoms with Crippen LogP contribution in [0.25, 0.3) is 0 Å². The first-order chi connectivity index (χ1) is 12.5. The van der Waals surface area contributed by atoms with E-state index in [9.17, 15) is 10.2 Å². The summed E-state index contributed by atoms with van der Waals surface area (Å²) in [4.78, 5) is 7.00. The van der Waals surface area contributed by atoms with Crippen molar-refractivity contribution in [2.75, 3.05) is 59.5 Å². The second-order valence-corrected chi connectivity index (χ2v) is 7.39. The molecule has 7 nitrogen and oxygen atoms in total. The molecule has 160 valence electrons. The molecule has 1 saturated heterocycles. The molecule has 1 fully saturated rings. The van der Waals surface area contributed by atoms with E-state index in [1.807, 2.05) is 19.1 Å². The summed E-state index contributed by atoms with van der Waals surface area (Å²) in [6.07, 6.45) is -0.909. The number of hydrogen-bond donors (Lipinski definition) is 1. The van der Waals surface area contributed by atoms with E-state index in [1.165, 1.54) is 5.56 Å². The van der Waals surface area contributed by atoms with Gasteiger partial charge in [-0.2, -0.15) is 0 Å². The van der Waals surface area contributed by atoms with Gasteiger partial charge in [0, 0.05) is 52.4 Å². The van der Waals surface area contributed by atoms with E-state index in [1.54, 1.807) is 14.0 Å². The number of nitrogens with zero attached hydrogens (tertiary/aromatic N) is 3. The molecule has 0 radical (unpaired) electrons. The monoisotopic (exact) mass is 438 g/mol. The number of ether oxygens (including phenoxy) is 1. The third-order valence-corrected chi connectivity index (χ3v) is 4.80. The standard InChI is InChI=1S/C20H34N3O3.Fe.H2O/c1-17(24)14-21-8-9-22(15-18(2)25)11-13-23(12-10-21)16-19-4-6-20(26-3)7-5-19;;/h4-7,17-18,24H,8-16H2,1-3H3;;1H2/q-1;+4;/t17-,18-;;/m0../s1. The Bertz CT molecular complexity index is 495. The molecule has 1 aliphatic rings. The zero-order valence-electron chi connectivity index (χ0n) is 17.3. The van der Waals surface area contributed by atoms with Gasteiger partial charge >= 0.3 is 17.1 Å². The minimum atomic E-state index is -0.573. The Balaban J connectivity index is 0.00000364. The fourth-order valence-corrected chi connectivity index (χ4v) is 3.43. The Morgan fingerprint density at radius 3 is 1.82 bits per heavy atom. The van der Waals surface area contributed by atoms with E-state index in [-0.39, 0.29) is 28.6 Å². The summed E-state index contributed by atoms with van der Waals surface area (Å²) in [6.45, 7) is 11.2. The number of hydrogen-bond acceptors (Lipinski definition) is 6. The van der Waals surface area contributed by atoms with Gasteiger partial charge in [-0.05, 0) is 31.2 Å². The van der Waals surface area contributed by atoms with Gasteiger partial charge in [-0.1, -0.05) is 19.1 Å². The summed E-state index contributed by atoms with van der Waals surface area (Å²) in [6, 6.07) is 8.21. The number of rotatable bonds is 7. The maximum Gasteiger partial charge on any atom is 4.00 e. The third-order valence-electron chi connectivity index (χ3n) is 4.80. The number of methoxy groups -OCH3 is 1. The van der Waals surface area contributed by atoms with Crippen molar-refractivity contribution in [3.05, 3.63) is 29.8 Å². The van der Waals surface area contributed by atoms with Crippen LogP contribution < -0.4 is 9.84 Å². The van der Waals surface area contributed by atoms with Crippen molar-refractivity contribution >= 4 is 0 Å². The number of β-amino-alcohol motifs (C(OH)–C–C–N with tert-alkyl or cyclic N) is 1. The predicted octanol–water partition coefficient (Wildman–Crippen LogP) is -0.583. The zero-order valence-corrected chi connectivity index (χ0v) is 18.4. The molecule has 0 bridgehead atoms. The molecule has 0 spiro atoms. The number of aliphatic hydroxyl groups excluding tert-OH is 1. The minimum absolute atomic E-state index is 0. The maximum atomic E-state index is 11.7. The van der Waals surface area contributed by atoms with Crippen LogP contribution in [0, 0.1) is 0 Å². The van der Waals surface area contributed by atoms with Crippen LogP contribution in [0.5, 0.6) is 5.75 Å². The van der Waals surface area contributed by atoms with Crippen LogP contribution >= 0.6 is 0 Å². The normalized spacial score (nSPS) is 19.3. The molecule has 0 saturated carbocycles. The summed E-state index contributed by atoms with van der Waals surface area (Å²) >= 11 is 0. The van der Waals surface area contributed by atoms with Gasteiger partial charge in [-0.15, -0.1) is 6.10 Å². The summed E-state index contributed by atoms with van der Waals surface area (Å²) in [5.74, 6) is 0.872. The minimum Gasteiger partial charge on any atom is -0.851 e. The first kappa shape index (κ1) is 27.3. The van der Waals surface area contributed by atoms with Crippen molar-refractivity contribution in [3.8, 4) is 5.75 Å². The molecule has 2 atom stereocenters. The van der Waals surface area contributed by atoms with E-state index < -0.39 is 6.10 Å². The molecule has 1 aromatic rings. The Labute approximate surface area is 180 Å². The molecule has 1 heterocycles. The topological polar surface area (TPSA) is 93.7 Å². The Hall–Kier alpha value is -0.701. The van der Waals surface area contributed by atoms with Crippen LogP contribution in [-0.4, -0.2) is 97.0 Å². The van der Waals surface area contributed by atoms with Crippen LogP contribution in [0.2, 0.25) is 0 Å². The van der Waals surface area contributed by atoms with Crippen molar-refractivity contribution in [1.29, 1.82) is 0 Å². The molecule has 0 amide bonds. The van der Waals surface area contributed by atoms with Crippen LogP contribution in [0.15, 0.2) is 24.3 Å². The second kappa shape index (κ2) is 14.3. The van der Waals surface area contributed by atoms with Crippen LogP contribution in [-0.2, 0) is 23.6 Å². The van der Waals surface area contributed by atoms with Gasteiger partial charge in [0.1, 0.15) is 5.75 Å². The smallest absolute Gasteiger partial charge is 0.851 e. The fourth-order valence-electron chi connectivity index (χ4n) is 3.43. The first-order valence-electron chi connectivity index (χ1n) is 9.60. The average molecular weight is 438 g/mol. The number of benzene rings is 1. The summed E-state index contributed by atoms with van der Waals surface area (Å²) in [7, 11) is 1.68. The van der Waals surface area contributed by atoms with Crippen molar-refractivity contribution in [2.24, 2.45) is 0 Å². The predicted molar refractivity (Wildman–Crippen MR) is 106 cm³/mol. The van der Waals surface area contributed by atoms with Crippen molar-refractivity contribution in [3.63, 3.8) is 0 Å². The maximum absolute atomic E-state index is 11.7. The molecule has 3 N–H and O–H groups in total. The SMILES string of the molecule is COc1ccc(CN2CCN(C[C@H](C)[O-])CCN(C[C@H](C)O)CC2)cc1.O.[Fe+4]. The van der Waals surface area contributed by atoms with E-state index in [0.29, 0.717) is 13.1 Å². The quantitative estimate of drug-likeness (QED) is 0.573. The molecular formula is C20H36FeN3O4+3. The van der Waals surface area contributed by atoms with Crippen molar-refractivity contribution in [2.45, 2.75) is 32.6 Å². The van der Waals surface area contributed by atoms with Crippen molar-refractivity contribution < 1.29 is 37.5 Å². The molecule has 28 heavy (non-hydrogen) atoms. The molecule has 2 rings (SSSR count). The Kier molecular flexibility index (Phi) is 14.0. The largest absolute Gasteiger partial charge is 4.00 e. The van der Waals surface area contributed by atoms with Gasteiger partial charge in [0.05, 0.1) is 13.2 Å². The molecule has 8 heteroatoms. The van der Waals surface area contributed by atoms with Crippen LogP contribution in [0.4, 0.5) is 0 Å². The Morgan fingerprint density at radius 2 is 1.39 bits per heavy atom. The van der Waals surface area contributed by atoms with E-state index in [0.717, 1.165) is 51.6 Å². The summed E-state index contributed by atoms with van der Waals surface area (Å²) in [5, 5.41) is 21.4. The van der Waals surface area contributed by atoms with E-state index >= 15 is 0 Å². The van der Waals surface area contributed by atoms with Crippen LogP contribution in [0.3, 0.4) is 0 Å². The van der Waals surface area contributed by atoms with E-state index in [2.05, 4.69) is 26.8 Å². The second-order valence-electron chi connectivity index (χ2n) is 7.39. The van der Waals surface area contributed by atoms with Gasteiger partial charge in [0.15, 0.2) is 0 Å². The Morgan fingerprint density at radius 1 is 0.929 bits per heavy atom. The molecule has 0 unspecified atom stereocenters. The number of aliphatic hydroxyl groups is 1. The summed E-state index contributed by atoms with van der Waals surface area (Å²) in [5.41, 5.74) is 1.26. The van der Waals surface area contributed by atoms with Crippen molar-refractivity contribution in [1.82, 2.24) is 14.7 Å². The molecule has 1 aromatic carbocycles. The molecule has 0 aromatic heterocycles. The van der Waals surface area contributed by atoms with E-state index in [4.69, 9.17) is 4.74 Å². The molecule has 1 aliphatic heterocycles. The van der Waals surface area contributed by atoms with Gasteiger partial charge < -0.3 is 25.3 Å². The molecule has 0 aliphatic carbocycles. The zero-order chi connectivity index (χ0) is 18.9.